The van der Waals surface area contributed by atoms with E-state index in [9.17, 15) is 9.59 Å². The largest absolute Gasteiger partial charge is 0.396 e. The Bertz CT molecular complexity index is 213. The second-order valence-corrected chi connectivity index (χ2v) is 5.25. The number of Topliss-reactive ketones (excluding diaryl/α,β-unsaturated/α-hetero) is 1. The molecule has 0 radical (unpaired) electrons. The first-order valence-corrected chi connectivity index (χ1v) is 7.06. The smallest absolute Gasteiger partial charge is 0.207 e. The number of aliphatic hydroxyl groups excluding tert-OH is 1. The van der Waals surface area contributed by atoms with Gasteiger partial charge in [-0.25, -0.2) is 0 Å². The normalized spacial score (nSPS) is 9.74. The van der Waals surface area contributed by atoms with E-state index >= 15 is 0 Å². The minimum absolute atomic E-state index is 0.105. The fraction of sp³-hybridized carbons (Fsp3) is 0.867. The first-order valence-electron chi connectivity index (χ1n) is 7.06. The highest BCUT2D eigenvalue weighted by molar-refractivity contribution is 5.75. The van der Waals surface area contributed by atoms with Crippen LogP contribution in [0, 0.1) is 5.92 Å². The molecule has 0 unspecified atom stereocenters. The Balaban J connectivity index is -0.000000239. The van der Waals surface area contributed by atoms with Gasteiger partial charge in [-0.05, 0) is 39.5 Å². The topological polar surface area (TPSA) is 66.4 Å². The molecular weight excluding hydrogens is 242 g/mol. The lowest BCUT2D eigenvalue weighted by atomic mass is 10.0. The Morgan fingerprint density at radius 1 is 1.32 bits per heavy atom. The van der Waals surface area contributed by atoms with Gasteiger partial charge in [-0.2, -0.15) is 0 Å². The maximum atomic E-state index is 10.3. The van der Waals surface area contributed by atoms with E-state index in [-0.39, 0.29) is 12.1 Å². The summed E-state index contributed by atoms with van der Waals surface area (Å²) in [6, 6.07) is 0. The quantitative estimate of drug-likeness (QED) is 0.702. The average molecular weight is 275 g/mol. The fourth-order valence-corrected chi connectivity index (χ4v) is 1.00. The van der Waals surface area contributed by atoms with Crippen LogP contribution in [0.4, 0.5) is 0 Å². The molecular formula is C15H33NO3. The Kier molecular flexibility index (Phi) is 18.5. The summed E-state index contributed by atoms with van der Waals surface area (Å²) in [4.78, 5) is 20.3. The number of amides is 1. The summed E-state index contributed by atoms with van der Waals surface area (Å²) in [6.45, 7) is 13.7. The molecule has 0 rings (SSSR count). The van der Waals surface area contributed by atoms with Gasteiger partial charge in [0.05, 0.1) is 0 Å². The zero-order valence-corrected chi connectivity index (χ0v) is 13.7. The lowest BCUT2D eigenvalue weighted by Gasteiger charge is -2.21. The van der Waals surface area contributed by atoms with Gasteiger partial charge in [-0.15, -0.1) is 0 Å². The van der Waals surface area contributed by atoms with Crippen molar-refractivity contribution in [2.75, 3.05) is 6.61 Å². The number of carbonyl (C=O) groups is 2. The summed E-state index contributed by atoms with van der Waals surface area (Å²) in [5.41, 5.74) is -0.267. The summed E-state index contributed by atoms with van der Waals surface area (Å²) < 4.78 is 0. The van der Waals surface area contributed by atoms with Gasteiger partial charge in [0.25, 0.3) is 0 Å². The van der Waals surface area contributed by atoms with Gasteiger partial charge in [0, 0.05) is 18.6 Å². The van der Waals surface area contributed by atoms with Crippen LogP contribution in [0.1, 0.15) is 67.7 Å². The zero-order chi connectivity index (χ0) is 15.9. The molecule has 0 fully saturated rings. The maximum absolute atomic E-state index is 10.3. The van der Waals surface area contributed by atoms with Crippen LogP contribution in [-0.4, -0.2) is 29.4 Å². The van der Waals surface area contributed by atoms with Gasteiger partial charge in [0.1, 0.15) is 5.78 Å². The zero-order valence-electron chi connectivity index (χ0n) is 13.7. The van der Waals surface area contributed by atoms with Crippen LogP contribution in [0.15, 0.2) is 0 Å². The molecule has 0 bridgehead atoms. The van der Waals surface area contributed by atoms with Gasteiger partial charge in [0.15, 0.2) is 0 Å². The minimum Gasteiger partial charge on any atom is -0.396 e. The second-order valence-electron chi connectivity index (χ2n) is 5.25. The molecule has 0 aromatic heterocycles. The van der Waals surface area contributed by atoms with Crippen molar-refractivity contribution in [2.45, 2.75) is 73.3 Å². The third-order valence-electron chi connectivity index (χ3n) is 2.26. The number of ketones is 1. The molecule has 0 saturated heterocycles. The Labute approximate surface area is 119 Å². The molecule has 0 heterocycles. The predicted octanol–water partition coefficient (Wildman–Crippen LogP) is 2.93. The highest BCUT2D eigenvalue weighted by Crippen LogP contribution is 2.04. The average Bonchev–Trinajstić information content (AvgIpc) is 2.29. The fourth-order valence-electron chi connectivity index (χ4n) is 1.00. The van der Waals surface area contributed by atoms with Gasteiger partial charge in [-0.3, -0.25) is 4.79 Å². The molecule has 4 nitrogen and oxygen atoms in total. The number of rotatable bonds is 7. The van der Waals surface area contributed by atoms with E-state index in [1.165, 1.54) is 0 Å². The third-order valence-corrected chi connectivity index (χ3v) is 2.26. The van der Waals surface area contributed by atoms with Gasteiger partial charge >= 0.3 is 0 Å². The first-order chi connectivity index (χ1) is 8.75. The van der Waals surface area contributed by atoms with Crippen molar-refractivity contribution in [1.82, 2.24) is 5.32 Å². The molecule has 0 aliphatic heterocycles. The monoisotopic (exact) mass is 275 g/mol. The summed E-state index contributed by atoms with van der Waals surface area (Å²) >= 11 is 0. The molecule has 1 amide bonds. The highest BCUT2D eigenvalue weighted by Gasteiger charge is 2.13. The van der Waals surface area contributed by atoms with Gasteiger partial charge in [-0.1, -0.05) is 27.7 Å². The molecule has 0 aliphatic carbocycles. The molecule has 0 aromatic rings. The van der Waals surface area contributed by atoms with Crippen LogP contribution >= 0.6 is 0 Å². The van der Waals surface area contributed by atoms with E-state index in [4.69, 9.17) is 5.11 Å². The molecule has 0 spiro atoms. The van der Waals surface area contributed by atoms with Crippen LogP contribution in [0.5, 0.6) is 0 Å². The van der Waals surface area contributed by atoms with E-state index in [2.05, 4.69) is 19.2 Å². The lowest BCUT2D eigenvalue weighted by Crippen LogP contribution is -2.38. The molecule has 0 saturated carbocycles. The molecule has 0 aliphatic rings. The first kappa shape index (κ1) is 23.2. The number of hydrogen-bond acceptors (Lipinski definition) is 3. The standard InChI is InChI=1S/C7H14O.C6H13NO2.C2H6/c1-6(2)4-5-7(3)8;1-6(2,3-4-8)7-5-9;1-2/h6H,4-5H2,1-3H3;5,8H,3-4H2,1-2H3,(H,7,9);1-2H3. The second kappa shape index (κ2) is 15.2. The number of hydrogen-bond donors (Lipinski definition) is 2. The lowest BCUT2D eigenvalue weighted by molar-refractivity contribution is -0.117. The SMILES string of the molecule is CC.CC(=O)CCC(C)C.CC(C)(CCO)NC=O. The maximum Gasteiger partial charge on any atom is 0.207 e. The van der Waals surface area contributed by atoms with Crippen LogP contribution in [0.3, 0.4) is 0 Å². The molecule has 19 heavy (non-hydrogen) atoms. The highest BCUT2D eigenvalue weighted by atomic mass is 16.3. The predicted molar refractivity (Wildman–Crippen MR) is 81.1 cm³/mol. The molecule has 2 N–H and O–H groups in total. The van der Waals surface area contributed by atoms with Crippen molar-refractivity contribution in [2.24, 2.45) is 5.92 Å². The molecule has 0 atom stereocenters. The van der Waals surface area contributed by atoms with Crippen molar-refractivity contribution in [1.29, 1.82) is 0 Å². The number of carbonyl (C=O) groups excluding carboxylic acids is 2. The van der Waals surface area contributed by atoms with Crippen molar-refractivity contribution in [3.05, 3.63) is 0 Å². The summed E-state index contributed by atoms with van der Waals surface area (Å²) in [7, 11) is 0. The van der Waals surface area contributed by atoms with Crippen LogP contribution in [-0.2, 0) is 9.59 Å². The number of aliphatic hydroxyl groups is 1. The molecule has 4 heteroatoms. The minimum atomic E-state index is -0.267. The molecule has 116 valence electrons. The Hall–Kier alpha value is -0.900. The Morgan fingerprint density at radius 2 is 1.79 bits per heavy atom. The summed E-state index contributed by atoms with van der Waals surface area (Å²) in [6.07, 6.45) is 3.02. The summed E-state index contributed by atoms with van der Waals surface area (Å²) in [5.74, 6) is 0.970. The van der Waals surface area contributed by atoms with E-state index in [1.807, 2.05) is 27.7 Å². The van der Waals surface area contributed by atoms with E-state index in [1.54, 1.807) is 6.92 Å². The van der Waals surface area contributed by atoms with E-state index < -0.39 is 0 Å². The third kappa shape index (κ3) is 26.6. The van der Waals surface area contributed by atoms with Crippen molar-refractivity contribution in [3.8, 4) is 0 Å². The van der Waals surface area contributed by atoms with Crippen LogP contribution < -0.4 is 5.32 Å². The van der Waals surface area contributed by atoms with Crippen molar-refractivity contribution < 1.29 is 14.7 Å². The van der Waals surface area contributed by atoms with Crippen molar-refractivity contribution in [3.63, 3.8) is 0 Å². The van der Waals surface area contributed by atoms with E-state index in [0.29, 0.717) is 24.5 Å². The van der Waals surface area contributed by atoms with E-state index in [0.717, 1.165) is 12.8 Å². The van der Waals surface area contributed by atoms with Gasteiger partial charge in [0.2, 0.25) is 6.41 Å². The van der Waals surface area contributed by atoms with Crippen molar-refractivity contribution >= 4 is 12.2 Å². The van der Waals surface area contributed by atoms with Crippen LogP contribution in [0.25, 0.3) is 0 Å². The summed E-state index contributed by atoms with van der Waals surface area (Å²) in [5, 5.41) is 11.1. The van der Waals surface area contributed by atoms with Crippen LogP contribution in [0.2, 0.25) is 0 Å². The number of nitrogens with one attached hydrogen (secondary N) is 1. The van der Waals surface area contributed by atoms with Gasteiger partial charge < -0.3 is 15.2 Å². The molecule has 0 aromatic carbocycles. The Morgan fingerprint density at radius 3 is 2.00 bits per heavy atom.